The summed E-state index contributed by atoms with van der Waals surface area (Å²) in [5, 5.41) is 1.34. The van der Waals surface area contributed by atoms with E-state index in [1.165, 1.54) is 17.6 Å². The Morgan fingerprint density at radius 1 is 1.53 bits per heavy atom. The van der Waals surface area contributed by atoms with Crippen LogP contribution in [0.4, 0.5) is 0 Å². The van der Waals surface area contributed by atoms with Crippen LogP contribution in [0.3, 0.4) is 0 Å². The number of hydrogen-bond acceptors (Lipinski definition) is 3. The second-order valence-electron chi connectivity index (χ2n) is 3.87. The van der Waals surface area contributed by atoms with E-state index >= 15 is 0 Å². The van der Waals surface area contributed by atoms with E-state index in [9.17, 15) is 8.42 Å². The molecule has 2 nitrogen and oxygen atoms in total. The van der Waals surface area contributed by atoms with Crippen molar-refractivity contribution in [2.45, 2.75) is 24.0 Å². The molecule has 0 amide bonds. The zero-order chi connectivity index (χ0) is 11.9. The Morgan fingerprint density at radius 3 is 2.40 bits per heavy atom. The SMILES string of the molecule is CC(C)(C(Cl)c1sccc1Br)S(C)(=O)=O. The lowest BCUT2D eigenvalue weighted by Gasteiger charge is -2.27. The second-order valence-corrected chi connectivity index (χ2v) is 8.71. The van der Waals surface area contributed by atoms with Crippen molar-refractivity contribution in [3.63, 3.8) is 0 Å². The highest BCUT2D eigenvalue weighted by Crippen LogP contribution is 2.42. The van der Waals surface area contributed by atoms with Gasteiger partial charge in [-0.25, -0.2) is 8.42 Å². The third-order valence-electron chi connectivity index (χ3n) is 2.44. The molecule has 1 aromatic heterocycles. The first-order valence-corrected chi connectivity index (χ1v) is 8.24. The average molecular weight is 332 g/mol. The fourth-order valence-electron chi connectivity index (χ4n) is 0.990. The molecule has 0 bridgehead atoms. The van der Waals surface area contributed by atoms with Gasteiger partial charge in [0.1, 0.15) is 0 Å². The Kier molecular flexibility index (Phi) is 3.92. The van der Waals surface area contributed by atoms with Crippen LogP contribution in [0.1, 0.15) is 24.1 Å². The van der Waals surface area contributed by atoms with Gasteiger partial charge in [0.05, 0.1) is 10.1 Å². The van der Waals surface area contributed by atoms with Crippen molar-refractivity contribution in [3.05, 3.63) is 20.8 Å². The summed E-state index contributed by atoms with van der Waals surface area (Å²) in [6.45, 7) is 3.29. The summed E-state index contributed by atoms with van der Waals surface area (Å²) >= 11 is 11.0. The Hall–Kier alpha value is 0.420. The Balaban J connectivity index is 3.16. The van der Waals surface area contributed by atoms with Crippen molar-refractivity contribution in [1.82, 2.24) is 0 Å². The van der Waals surface area contributed by atoms with E-state index in [-0.39, 0.29) is 0 Å². The highest BCUT2D eigenvalue weighted by Gasteiger charge is 2.40. The minimum atomic E-state index is -3.19. The standard InChI is InChI=1S/C9H12BrClO2S2/c1-9(2,15(3,12)13)8(11)7-6(10)4-5-14-7/h4-5,8H,1-3H3. The number of rotatable bonds is 3. The molecule has 0 saturated carbocycles. The number of alkyl halides is 1. The molecule has 1 atom stereocenters. The van der Waals surface area contributed by atoms with Crippen LogP contribution in [0.5, 0.6) is 0 Å². The van der Waals surface area contributed by atoms with Crippen molar-refractivity contribution >= 4 is 48.7 Å². The molecule has 0 spiro atoms. The molecular formula is C9H12BrClO2S2. The van der Waals surface area contributed by atoms with Crippen LogP contribution < -0.4 is 0 Å². The van der Waals surface area contributed by atoms with E-state index in [1.54, 1.807) is 13.8 Å². The smallest absolute Gasteiger partial charge is 0.154 e. The Bertz CT molecular complexity index is 450. The summed E-state index contributed by atoms with van der Waals surface area (Å²) in [5.74, 6) is 0. The van der Waals surface area contributed by atoms with Crippen LogP contribution in [0.2, 0.25) is 0 Å². The quantitative estimate of drug-likeness (QED) is 0.793. The van der Waals surface area contributed by atoms with Gasteiger partial charge in [-0.3, -0.25) is 0 Å². The molecule has 0 aromatic carbocycles. The summed E-state index contributed by atoms with van der Waals surface area (Å²) < 4.78 is 23.1. The molecule has 1 aromatic rings. The van der Waals surface area contributed by atoms with Crippen molar-refractivity contribution in [2.24, 2.45) is 0 Å². The minimum absolute atomic E-state index is 0.540. The highest BCUT2D eigenvalue weighted by molar-refractivity contribution is 9.10. The Labute approximate surface area is 108 Å². The largest absolute Gasteiger partial charge is 0.229 e. The van der Waals surface area contributed by atoms with Gasteiger partial charge in [0.15, 0.2) is 9.84 Å². The van der Waals surface area contributed by atoms with Crippen molar-refractivity contribution in [2.75, 3.05) is 6.26 Å². The molecule has 0 fully saturated rings. The lowest BCUT2D eigenvalue weighted by atomic mass is 10.1. The molecule has 1 unspecified atom stereocenters. The summed E-state index contributed by atoms with van der Waals surface area (Å²) in [6, 6.07) is 1.87. The maximum atomic E-state index is 11.6. The van der Waals surface area contributed by atoms with Crippen LogP contribution in [-0.4, -0.2) is 19.4 Å². The van der Waals surface area contributed by atoms with Crippen LogP contribution in [0.15, 0.2) is 15.9 Å². The third kappa shape index (κ3) is 2.57. The van der Waals surface area contributed by atoms with Gasteiger partial charge in [0, 0.05) is 15.6 Å². The summed E-state index contributed by atoms with van der Waals surface area (Å²) in [4.78, 5) is 0.854. The molecule has 6 heteroatoms. The number of thiophene rings is 1. The van der Waals surface area contributed by atoms with Gasteiger partial charge in [0.25, 0.3) is 0 Å². The van der Waals surface area contributed by atoms with E-state index < -0.39 is 20.0 Å². The van der Waals surface area contributed by atoms with Gasteiger partial charge in [-0.15, -0.1) is 22.9 Å². The monoisotopic (exact) mass is 330 g/mol. The minimum Gasteiger partial charge on any atom is -0.229 e. The highest BCUT2D eigenvalue weighted by atomic mass is 79.9. The van der Waals surface area contributed by atoms with Crippen molar-refractivity contribution in [1.29, 1.82) is 0 Å². The summed E-state index contributed by atoms with van der Waals surface area (Å²) in [7, 11) is -3.19. The fourth-order valence-corrected chi connectivity index (χ4v) is 4.21. The number of sulfone groups is 1. The van der Waals surface area contributed by atoms with Crippen molar-refractivity contribution in [3.8, 4) is 0 Å². The first kappa shape index (κ1) is 13.5. The third-order valence-corrected chi connectivity index (χ3v) is 7.55. The lowest BCUT2D eigenvalue weighted by molar-refractivity contribution is 0.545. The van der Waals surface area contributed by atoms with Gasteiger partial charge in [-0.05, 0) is 41.2 Å². The maximum Gasteiger partial charge on any atom is 0.154 e. The lowest BCUT2D eigenvalue weighted by Crippen LogP contribution is -2.35. The number of halogens is 2. The van der Waals surface area contributed by atoms with Gasteiger partial charge < -0.3 is 0 Å². The summed E-state index contributed by atoms with van der Waals surface area (Å²) in [5.41, 5.74) is 0. The molecule has 86 valence electrons. The summed E-state index contributed by atoms with van der Waals surface area (Å²) in [6.07, 6.45) is 1.21. The average Bonchev–Trinajstić information content (AvgIpc) is 2.48. The van der Waals surface area contributed by atoms with Crippen molar-refractivity contribution < 1.29 is 8.42 Å². The fraction of sp³-hybridized carbons (Fsp3) is 0.556. The van der Waals surface area contributed by atoms with Crippen LogP contribution >= 0.6 is 38.9 Å². The molecule has 1 rings (SSSR count). The van der Waals surface area contributed by atoms with Crippen LogP contribution in [-0.2, 0) is 9.84 Å². The first-order valence-electron chi connectivity index (χ1n) is 4.24. The first-order chi connectivity index (χ1) is 6.68. The van der Waals surface area contributed by atoms with Gasteiger partial charge >= 0.3 is 0 Å². The molecule has 0 aliphatic rings. The van der Waals surface area contributed by atoms with Crippen LogP contribution in [0, 0.1) is 0 Å². The molecule has 0 aliphatic heterocycles. The van der Waals surface area contributed by atoms with Gasteiger partial charge in [-0.2, -0.15) is 0 Å². The molecule has 0 N–H and O–H groups in total. The Morgan fingerprint density at radius 2 is 2.07 bits per heavy atom. The number of hydrogen-bond donors (Lipinski definition) is 0. The topological polar surface area (TPSA) is 34.1 Å². The maximum absolute atomic E-state index is 11.6. The second kappa shape index (κ2) is 4.35. The predicted molar refractivity (Wildman–Crippen MR) is 69.5 cm³/mol. The van der Waals surface area contributed by atoms with Crippen LogP contribution in [0.25, 0.3) is 0 Å². The molecule has 0 aliphatic carbocycles. The molecule has 0 saturated heterocycles. The molecule has 0 radical (unpaired) electrons. The molecular weight excluding hydrogens is 320 g/mol. The predicted octanol–water partition coefficient (Wildman–Crippen LogP) is 3.61. The zero-order valence-electron chi connectivity index (χ0n) is 8.62. The van der Waals surface area contributed by atoms with E-state index in [1.807, 2.05) is 11.4 Å². The van der Waals surface area contributed by atoms with E-state index in [0.29, 0.717) is 0 Å². The van der Waals surface area contributed by atoms with E-state index in [2.05, 4.69) is 15.9 Å². The molecule has 1 heterocycles. The van der Waals surface area contributed by atoms with Gasteiger partial charge in [0.2, 0.25) is 0 Å². The van der Waals surface area contributed by atoms with Gasteiger partial charge in [-0.1, -0.05) is 0 Å². The molecule has 15 heavy (non-hydrogen) atoms. The normalized spacial score (nSPS) is 15.3. The van der Waals surface area contributed by atoms with E-state index in [0.717, 1.165) is 9.35 Å². The zero-order valence-corrected chi connectivity index (χ0v) is 12.6. The van der Waals surface area contributed by atoms with E-state index in [4.69, 9.17) is 11.6 Å².